The Labute approximate surface area is 184 Å². The highest BCUT2D eigenvalue weighted by Gasteiger charge is 2.13. The highest BCUT2D eigenvalue weighted by Crippen LogP contribution is 2.23. The van der Waals surface area contributed by atoms with E-state index in [0.717, 1.165) is 12.8 Å². The molecular formula is C26H44O4. The van der Waals surface area contributed by atoms with Crippen LogP contribution in [0.2, 0.25) is 0 Å². The fourth-order valence-electron chi connectivity index (χ4n) is 3.76. The van der Waals surface area contributed by atoms with E-state index in [-0.39, 0.29) is 17.1 Å². The van der Waals surface area contributed by atoms with Gasteiger partial charge in [0.2, 0.25) is 0 Å². The normalized spacial score (nSPS) is 11.0. The number of hydrogen-bond acceptors (Lipinski definition) is 4. The van der Waals surface area contributed by atoms with Gasteiger partial charge in [0.1, 0.15) is 17.1 Å². The van der Waals surface area contributed by atoms with Gasteiger partial charge in [-0.2, -0.15) is 0 Å². The number of benzene rings is 1. The Morgan fingerprint density at radius 2 is 1.13 bits per heavy atom. The highest BCUT2D eigenvalue weighted by atomic mass is 16.5. The van der Waals surface area contributed by atoms with Crippen LogP contribution >= 0.6 is 0 Å². The molecule has 30 heavy (non-hydrogen) atoms. The van der Waals surface area contributed by atoms with Gasteiger partial charge in [-0.25, -0.2) is 4.79 Å². The smallest absolute Gasteiger partial charge is 0.342 e. The molecule has 0 radical (unpaired) electrons. The van der Waals surface area contributed by atoms with Crippen molar-refractivity contribution in [2.24, 2.45) is 0 Å². The zero-order valence-electron chi connectivity index (χ0n) is 19.2. The van der Waals surface area contributed by atoms with Gasteiger partial charge < -0.3 is 14.9 Å². The molecule has 1 rings (SSSR count). The van der Waals surface area contributed by atoms with Crippen LogP contribution in [-0.4, -0.2) is 22.8 Å². The van der Waals surface area contributed by atoms with Crippen molar-refractivity contribution < 1.29 is 19.7 Å². The van der Waals surface area contributed by atoms with E-state index >= 15 is 0 Å². The molecule has 172 valence electrons. The van der Waals surface area contributed by atoms with E-state index in [0.29, 0.717) is 6.61 Å². The Morgan fingerprint density at radius 1 is 0.700 bits per heavy atom. The number of rotatable bonds is 19. The van der Waals surface area contributed by atoms with E-state index in [1.165, 1.54) is 115 Å². The second kappa shape index (κ2) is 18.1. The lowest BCUT2D eigenvalue weighted by molar-refractivity contribution is 0.0494. The maximum atomic E-state index is 11.9. The molecule has 4 nitrogen and oxygen atoms in total. The van der Waals surface area contributed by atoms with Gasteiger partial charge >= 0.3 is 5.97 Å². The first kappa shape index (κ1) is 26.3. The van der Waals surface area contributed by atoms with Gasteiger partial charge in [0, 0.05) is 0 Å². The van der Waals surface area contributed by atoms with E-state index in [1.54, 1.807) is 0 Å². The van der Waals surface area contributed by atoms with Crippen molar-refractivity contribution in [1.82, 2.24) is 0 Å². The summed E-state index contributed by atoms with van der Waals surface area (Å²) in [4.78, 5) is 11.9. The fourth-order valence-corrected chi connectivity index (χ4v) is 3.76. The lowest BCUT2D eigenvalue weighted by atomic mass is 10.0. The number of phenols is 2. The third kappa shape index (κ3) is 13.5. The maximum Gasteiger partial charge on any atom is 0.342 e. The van der Waals surface area contributed by atoms with Crippen LogP contribution in [0.1, 0.15) is 126 Å². The average Bonchev–Trinajstić information content (AvgIpc) is 2.74. The molecule has 0 saturated carbocycles. The number of unbranched alkanes of at least 4 members (excludes halogenated alkanes) is 16. The maximum absolute atomic E-state index is 11.9. The minimum Gasteiger partial charge on any atom is -0.508 e. The molecule has 0 aliphatic rings. The predicted octanol–water partition coefficient (Wildman–Crippen LogP) is 7.91. The summed E-state index contributed by atoms with van der Waals surface area (Å²) in [5, 5.41) is 19.0. The van der Waals surface area contributed by atoms with E-state index in [4.69, 9.17) is 4.74 Å². The molecule has 0 spiro atoms. The van der Waals surface area contributed by atoms with Crippen molar-refractivity contribution >= 4 is 5.97 Å². The summed E-state index contributed by atoms with van der Waals surface area (Å²) in [5.41, 5.74) is 0.0157. The van der Waals surface area contributed by atoms with Crippen LogP contribution in [0.3, 0.4) is 0 Å². The Kier molecular flexibility index (Phi) is 15.9. The molecule has 1 aromatic carbocycles. The number of aromatic hydroxyl groups is 2. The highest BCUT2D eigenvalue weighted by molar-refractivity contribution is 5.92. The molecule has 0 aliphatic carbocycles. The van der Waals surface area contributed by atoms with Crippen LogP contribution in [-0.2, 0) is 4.74 Å². The summed E-state index contributed by atoms with van der Waals surface area (Å²) in [5.74, 6) is -0.808. The Balaban J connectivity index is 1.82. The second-order valence-electron chi connectivity index (χ2n) is 8.49. The van der Waals surface area contributed by atoms with Crippen molar-refractivity contribution in [1.29, 1.82) is 0 Å². The third-order valence-corrected chi connectivity index (χ3v) is 5.68. The molecule has 4 heteroatoms. The zero-order valence-corrected chi connectivity index (χ0v) is 19.2. The number of hydrogen-bond donors (Lipinski definition) is 2. The standard InChI is InChI=1S/C26H44O4/c1-2-3-4-5-6-7-8-9-10-11-12-13-14-15-16-17-18-21-30-26(29)24-22-23(27)19-20-25(24)28/h19-20,22,27-28H,2-18,21H2,1H3. The first-order chi connectivity index (χ1) is 14.6. The largest absolute Gasteiger partial charge is 0.508 e. The number of esters is 1. The van der Waals surface area contributed by atoms with Crippen molar-refractivity contribution in [3.8, 4) is 11.5 Å². The Bertz CT molecular complexity index is 556. The quantitative estimate of drug-likeness (QED) is 0.135. The van der Waals surface area contributed by atoms with Crippen LogP contribution in [0, 0.1) is 0 Å². The molecule has 0 saturated heterocycles. The lowest BCUT2D eigenvalue weighted by Crippen LogP contribution is -2.06. The Morgan fingerprint density at radius 3 is 1.60 bits per heavy atom. The van der Waals surface area contributed by atoms with Gasteiger partial charge in [0.25, 0.3) is 0 Å². The monoisotopic (exact) mass is 420 g/mol. The molecule has 2 N–H and O–H groups in total. The SMILES string of the molecule is CCCCCCCCCCCCCCCCCCCOC(=O)c1cc(O)ccc1O. The molecule has 0 aliphatic heterocycles. The van der Waals surface area contributed by atoms with Crippen LogP contribution in [0.4, 0.5) is 0 Å². The minimum absolute atomic E-state index is 0.0157. The molecule has 0 heterocycles. The number of carbonyl (C=O) groups excluding carboxylic acids is 1. The van der Waals surface area contributed by atoms with E-state index in [1.807, 2.05) is 0 Å². The van der Waals surface area contributed by atoms with Gasteiger partial charge in [-0.05, 0) is 24.6 Å². The van der Waals surface area contributed by atoms with E-state index < -0.39 is 5.97 Å². The summed E-state index contributed by atoms with van der Waals surface area (Å²) in [6, 6.07) is 3.86. The van der Waals surface area contributed by atoms with Crippen LogP contribution < -0.4 is 0 Å². The summed E-state index contributed by atoms with van der Waals surface area (Å²) in [7, 11) is 0. The van der Waals surface area contributed by atoms with E-state index in [9.17, 15) is 15.0 Å². The van der Waals surface area contributed by atoms with Crippen molar-refractivity contribution in [2.75, 3.05) is 6.61 Å². The number of phenolic OH excluding ortho intramolecular Hbond substituents is 2. The first-order valence-electron chi connectivity index (χ1n) is 12.3. The topological polar surface area (TPSA) is 66.8 Å². The zero-order chi connectivity index (χ0) is 21.9. The molecule has 0 atom stereocenters. The molecule has 1 aromatic rings. The van der Waals surface area contributed by atoms with Gasteiger partial charge in [-0.3, -0.25) is 0 Å². The average molecular weight is 421 g/mol. The Hall–Kier alpha value is -1.71. The van der Waals surface area contributed by atoms with Gasteiger partial charge in [0.15, 0.2) is 0 Å². The fraction of sp³-hybridized carbons (Fsp3) is 0.731. The predicted molar refractivity (Wildman–Crippen MR) is 124 cm³/mol. The van der Waals surface area contributed by atoms with Gasteiger partial charge in [-0.1, -0.05) is 110 Å². The molecule has 0 fully saturated rings. The number of ether oxygens (including phenoxy) is 1. The summed E-state index contributed by atoms with van der Waals surface area (Å²) >= 11 is 0. The molecule has 0 aromatic heterocycles. The van der Waals surface area contributed by atoms with Crippen LogP contribution in [0.25, 0.3) is 0 Å². The first-order valence-corrected chi connectivity index (χ1v) is 12.3. The summed E-state index contributed by atoms with van der Waals surface area (Å²) in [6.07, 6.45) is 22.4. The minimum atomic E-state index is -0.583. The van der Waals surface area contributed by atoms with Crippen molar-refractivity contribution in [3.63, 3.8) is 0 Å². The lowest BCUT2D eigenvalue weighted by Gasteiger charge is -2.07. The van der Waals surface area contributed by atoms with Gasteiger partial charge in [0.05, 0.1) is 6.61 Å². The van der Waals surface area contributed by atoms with E-state index in [2.05, 4.69) is 6.92 Å². The van der Waals surface area contributed by atoms with Crippen molar-refractivity contribution in [3.05, 3.63) is 23.8 Å². The molecule has 0 bridgehead atoms. The van der Waals surface area contributed by atoms with Crippen LogP contribution in [0.5, 0.6) is 11.5 Å². The molecule has 0 amide bonds. The number of carbonyl (C=O) groups is 1. The third-order valence-electron chi connectivity index (χ3n) is 5.68. The van der Waals surface area contributed by atoms with Crippen LogP contribution in [0.15, 0.2) is 18.2 Å². The van der Waals surface area contributed by atoms with Gasteiger partial charge in [-0.15, -0.1) is 0 Å². The summed E-state index contributed by atoms with van der Waals surface area (Å²) < 4.78 is 5.18. The summed E-state index contributed by atoms with van der Waals surface area (Å²) in [6.45, 7) is 2.63. The molecular weight excluding hydrogens is 376 g/mol. The second-order valence-corrected chi connectivity index (χ2v) is 8.49. The van der Waals surface area contributed by atoms with Crippen molar-refractivity contribution in [2.45, 2.75) is 116 Å². The molecule has 0 unspecified atom stereocenters.